The third-order valence-electron chi connectivity index (χ3n) is 12.2. The number of nitrogens with zero attached hydrogens (tertiary/aromatic N) is 2. The minimum atomic E-state index is 0.870. The Labute approximate surface area is 353 Å². The smallest absolute Gasteiger partial charge is 0.138 e. The van der Waals surface area contributed by atoms with Crippen molar-refractivity contribution in [3.05, 3.63) is 231 Å². The van der Waals surface area contributed by atoms with Crippen molar-refractivity contribution in [2.24, 2.45) is 0 Å². The highest BCUT2D eigenvalue weighted by Gasteiger charge is 2.25. The molecule has 0 aliphatic rings. The fraction of sp³-hybridized carbons (Fsp3) is 0. The molecule has 0 saturated heterocycles. The normalized spacial score (nSPS) is 11.6. The van der Waals surface area contributed by atoms with E-state index in [1.165, 1.54) is 43.8 Å². The second-order valence-corrected chi connectivity index (χ2v) is 15.7. The first-order valence-corrected chi connectivity index (χ1v) is 20.8. The number of aromatic nitrogens is 1. The van der Waals surface area contributed by atoms with Crippen LogP contribution in [0.1, 0.15) is 0 Å². The molecule has 12 aromatic rings. The summed E-state index contributed by atoms with van der Waals surface area (Å²) in [4.78, 5) is 2.39. The van der Waals surface area contributed by atoms with Crippen molar-refractivity contribution in [2.45, 2.75) is 0 Å². The number of rotatable bonds is 7. The Morgan fingerprint density at radius 1 is 0.328 bits per heavy atom. The van der Waals surface area contributed by atoms with E-state index in [1.807, 2.05) is 0 Å². The van der Waals surface area contributed by atoms with Gasteiger partial charge in [0.1, 0.15) is 11.2 Å². The summed E-state index contributed by atoms with van der Waals surface area (Å²) in [6.07, 6.45) is 0. The van der Waals surface area contributed by atoms with Gasteiger partial charge in [-0.2, -0.15) is 0 Å². The first kappa shape index (κ1) is 34.9. The van der Waals surface area contributed by atoms with Gasteiger partial charge in [0, 0.05) is 55.6 Å². The number of hydrogen-bond acceptors (Lipinski definition) is 2. The van der Waals surface area contributed by atoms with Gasteiger partial charge in [-0.3, -0.25) is 0 Å². The van der Waals surface area contributed by atoms with Gasteiger partial charge in [-0.15, -0.1) is 0 Å². The molecular formula is C58H38N2O. The molecule has 3 nitrogen and oxygen atoms in total. The molecule has 0 amide bonds. The van der Waals surface area contributed by atoms with Crippen molar-refractivity contribution >= 4 is 71.6 Å². The van der Waals surface area contributed by atoms with E-state index in [9.17, 15) is 0 Å². The molecule has 2 heterocycles. The van der Waals surface area contributed by atoms with Gasteiger partial charge in [0.25, 0.3) is 0 Å². The summed E-state index contributed by atoms with van der Waals surface area (Å²) in [7, 11) is 0. The van der Waals surface area contributed by atoms with Gasteiger partial charge in [-0.25, -0.2) is 0 Å². The summed E-state index contributed by atoms with van der Waals surface area (Å²) in [6, 6.07) is 82.9. The average molecular weight is 779 g/mol. The van der Waals surface area contributed by atoms with Crippen molar-refractivity contribution in [1.29, 1.82) is 0 Å². The van der Waals surface area contributed by atoms with Crippen LogP contribution in [0.15, 0.2) is 235 Å². The van der Waals surface area contributed by atoms with Crippen LogP contribution < -0.4 is 4.90 Å². The van der Waals surface area contributed by atoms with Crippen LogP contribution in [0.3, 0.4) is 0 Å². The third kappa shape index (κ3) is 5.82. The maximum Gasteiger partial charge on any atom is 0.138 e. The Morgan fingerprint density at radius 3 is 1.67 bits per heavy atom. The predicted octanol–water partition coefficient (Wildman–Crippen LogP) is 16.3. The van der Waals surface area contributed by atoms with Crippen LogP contribution >= 0.6 is 0 Å². The first-order chi connectivity index (χ1) is 30.3. The maximum atomic E-state index is 6.74. The highest BCUT2D eigenvalue weighted by molar-refractivity contribution is 6.27. The number of furan rings is 1. The first-order valence-electron chi connectivity index (χ1n) is 20.8. The summed E-state index contributed by atoms with van der Waals surface area (Å²) in [5.41, 5.74) is 15.4. The number of anilines is 3. The van der Waals surface area contributed by atoms with Crippen molar-refractivity contribution in [3.8, 4) is 39.1 Å². The van der Waals surface area contributed by atoms with Gasteiger partial charge >= 0.3 is 0 Å². The molecule has 0 fully saturated rings. The van der Waals surface area contributed by atoms with Crippen LogP contribution in [0.2, 0.25) is 0 Å². The number of benzene rings is 10. The summed E-state index contributed by atoms with van der Waals surface area (Å²) < 4.78 is 9.21. The highest BCUT2D eigenvalue weighted by atomic mass is 16.3. The van der Waals surface area contributed by atoms with Crippen molar-refractivity contribution in [3.63, 3.8) is 0 Å². The molecule has 0 radical (unpaired) electrons. The minimum Gasteiger partial charge on any atom is -0.456 e. The largest absolute Gasteiger partial charge is 0.456 e. The summed E-state index contributed by atoms with van der Waals surface area (Å²) in [5, 5.41) is 7.00. The minimum absolute atomic E-state index is 0.870. The number of fused-ring (bicyclic) bond motifs is 7. The van der Waals surface area contributed by atoms with Crippen molar-refractivity contribution in [2.75, 3.05) is 4.90 Å². The van der Waals surface area contributed by atoms with Crippen LogP contribution in [0.25, 0.3) is 93.6 Å². The maximum absolute atomic E-state index is 6.74. The van der Waals surface area contributed by atoms with E-state index in [-0.39, 0.29) is 0 Å². The lowest BCUT2D eigenvalue weighted by Crippen LogP contribution is -2.10. The fourth-order valence-corrected chi connectivity index (χ4v) is 9.40. The molecule has 0 aliphatic heterocycles. The van der Waals surface area contributed by atoms with E-state index < -0.39 is 0 Å². The Morgan fingerprint density at radius 2 is 0.902 bits per heavy atom. The van der Waals surface area contributed by atoms with Crippen LogP contribution in [0, 0.1) is 0 Å². The predicted molar refractivity (Wildman–Crippen MR) is 257 cm³/mol. The number of hydrogen-bond donors (Lipinski definition) is 0. The SMILES string of the molecule is c1ccc(-c2ccc(N(c3cccc(-c4ccccc4)c3)c3ccc4c5c(-c6ccccc6)c6c(cc5n(-c5cccc7ccccc57)c4c3)oc3ccccc36)cc2)cc1. The van der Waals surface area contributed by atoms with Gasteiger partial charge in [-0.1, -0.05) is 176 Å². The second kappa shape index (κ2) is 14.3. The Hall–Kier alpha value is -8.14. The van der Waals surface area contributed by atoms with Crippen molar-refractivity contribution < 1.29 is 4.42 Å². The highest BCUT2D eigenvalue weighted by Crippen LogP contribution is 2.48. The van der Waals surface area contributed by atoms with E-state index in [0.29, 0.717) is 0 Å². The topological polar surface area (TPSA) is 21.3 Å². The third-order valence-corrected chi connectivity index (χ3v) is 12.2. The zero-order valence-electron chi connectivity index (χ0n) is 33.2. The molecular weight excluding hydrogens is 741 g/mol. The molecule has 10 aromatic carbocycles. The van der Waals surface area contributed by atoms with Crippen LogP contribution in [0.4, 0.5) is 17.1 Å². The standard InChI is InChI=1S/C58H38N2O/c1-4-16-39(17-5-1)41-30-32-45(33-31-41)59(46-25-14-24-44(36-46)40-18-6-2-7-19-40)47-34-35-49-52(37-47)60(51-28-15-23-42-20-10-11-26-48(42)51)53-38-55-58(50-27-12-13-29-54(50)61-55)56(57(49)53)43-21-8-3-9-22-43/h1-38H. The van der Waals surface area contributed by atoms with Crippen LogP contribution in [-0.2, 0) is 0 Å². The fourth-order valence-electron chi connectivity index (χ4n) is 9.40. The summed E-state index contributed by atoms with van der Waals surface area (Å²) >= 11 is 0. The van der Waals surface area contributed by atoms with Crippen molar-refractivity contribution in [1.82, 2.24) is 4.57 Å². The molecule has 0 bridgehead atoms. The summed E-state index contributed by atoms with van der Waals surface area (Å²) in [5.74, 6) is 0. The van der Waals surface area contributed by atoms with E-state index in [4.69, 9.17) is 4.42 Å². The Bertz CT molecular complexity index is 3560. The lowest BCUT2D eigenvalue weighted by Gasteiger charge is -2.26. The molecule has 0 atom stereocenters. The molecule has 61 heavy (non-hydrogen) atoms. The van der Waals surface area contributed by atoms with Gasteiger partial charge < -0.3 is 13.9 Å². The summed E-state index contributed by atoms with van der Waals surface area (Å²) in [6.45, 7) is 0. The zero-order valence-corrected chi connectivity index (χ0v) is 33.2. The van der Waals surface area contributed by atoms with Gasteiger partial charge in [0.2, 0.25) is 0 Å². The second-order valence-electron chi connectivity index (χ2n) is 15.7. The monoisotopic (exact) mass is 778 g/mol. The van der Waals surface area contributed by atoms with Crippen LogP contribution in [-0.4, -0.2) is 4.57 Å². The van der Waals surface area contributed by atoms with E-state index >= 15 is 0 Å². The molecule has 0 saturated carbocycles. The van der Waals surface area contributed by atoms with Gasteiger partial charge in [0.05, 0.1) is 16.7 Å². The van der Waals surface area contributed by atoms with E-state index in [1.54, 1.807) is 0 Å². The quantitative estimate of drug-likeness (QED) is 0.161. The zero-order chi connectivity index (χ0) is 40.3. The van der Waals surface area contributed by atoms with E-state index in [0.717, 1.165) is 66.8 Å². The van der Waals surface area contributed by atoms with Gasteiger partial charge in [-0.05, 0) is 81.7 Å². The average Bonchev–Trinajstić information content (AvgIpc) is 3.87. The lowest BCUT2D eigenvalue weighted by atomic mass is 9.94. The van der Waals surface area contributed by atoms with Gasteiger partial charge in [0.15, 0.2) is 0 Å². The number of para-hydroxylation sites is 1. The molecule has 0 aliphatic carbocycles. The molecule has 0 spiro atoms. The molecule has 286 valence electrons. The Kier molecular flexibility index (Phi) is 8.17. The van der Waals surface area contributed by atoms with E-state index in [2.05, 4.69) is 240 Å². The molecule has 2 aromatic heterocycles. The van der Waals surface area contributed by atoms with Crippen LogP contribution in [0.5, 0.6) is 0 Å². The Balaban J connectivity index is 1.17. The molecule has 3 heteroatoms. The molecule has 0 unspecified atom stereocenters. The lowest BCUT2D eigenvalue weighted by molar-refractivity contribution is 0.669. The molecule has 12 rings (SSSR count). The molecule has 0 N–H and O–H groups in total.